The highest BCUT2D eigenvalue weighted by atomic mass is 19.4. The fraction of sp³-hybridized carbons (Fsp3) is 0.294. The standard InChI is InChI=1S/C17H15F6N/c1-11(13-3-2-4-15(9-13)17(21,22)23)24-10-12-5-7-14(8-6-12)16(18,19)20/h2-9,11,24H,10H2,1H3. The summed E-state index contributed by atoms with van der Waals surface area (Å²) in [5, 5.41) is 3.00. The molecule has 1 nitrogen and oxygen atoms in total. The second-order valence-corrected chi connectivity index (χ2v) is 5.42. The normalized spacial score (nSPS) is 13.8. The number of nitrogens with one attached hydrogen (secondary N) is 1. The lowest BCUT2D eigenvalue weighted by Gasteiger charge is -2.16. The molecule has 1 unspecified atom stereocenters. The zero-order valence-corrected chi connectivity index (χ0v) is 12.7. The van der Waals surface area contributed by atoms with Crippen LogP contribution < -0.4 is 5.32 Å². The van der Waals surface area contributed by atoms with Gasteiger partial charge in [-0.25, -0.2) is 0 Å². The molecule has 2 aromatic rings. The van der Waals surface area contributed by atoms with Crippen LogP contribution in [0, 0.1) is 0 Å². The SMILES string of the molecule is CC(NCc1ccc(C(F)(F)F)cc1)c1cccc(C(F)(F)F)c1. The third-order valence-corrected chi connectivity index (χ3v) is 3.61. The quantitative estimate of drug-likeness (QED) is 0.713. The van der Waals surface area contributed by atoms with Gasteiger partial charge in [0.2, 0.25) is 0 Å². The van der Waals surface area contributed by atoms with Crippen LogP contribution in [0.2, 0.25) is 0 Å². The molecule has 1 N–H and O–H groups in total. The minimum Gasteiger partial charge on any atom is -0.306 e. The largest absolute Gasteiger partial charge is 0.416 e. The van der Waals surface area contributed by atoms with Gasteiger partial charge in [0.25, 0.3) is 0 Å². The third-order valence-electron chi connectivity index (χ3n) is 3.61. The van der Waals surface area contributed by atoms with Crippen molar-refractivity contribution in [3.63, 3.8) is 0 Å². The molecule has 0 aliphatic carbocycles. The van der Waals surface area contributed by atoms with Gasteiger partial charge in [-0.2, -0.15) is 26.3 Å². The zero-order chi connectivity index (χ0) is 18.0. The molecule has 0 amide bonds. The van der Waals surface area contributed by atoms with E-state index in [1.165, 1.54) is 18.2 Å². The summed E-state index contributed by atoms with van der Waals surface area (Å²) in [5.74, 6) is 0. The van der Waals surface area contributed by atoms with E-state index >= 15 is 0 Å². The molecule has 7 heteroatoms. The van der Waals surface area contributed by atoms with Crippen LogP contribution in [0.1, 0.15) is 35.2 Å². The van der Waals surface area contributed by atoms with Crippen molar-refractivity contribution in [1.29, 1.82) is 0 Å². The monoisotopic (exact) mass is 347 g/mol. The summed E-state index contributed by atoms with van der Waals surface area (Å²) < 4.78 is 75.6. The Balaban J connectivity index is 2.02. The topological polar surface area (TPSA) is 12.0 Å². The molecular formula is C17H15F6N. The van der Waals surface area contributed by atoms with E-state index in [4.69, 9.17) is 0 Å². The van der Waals surface area contributed by atoms with Crippen molar-refractivity contribution < 1.29 is 26.3 Å². The molecule has 24 heavy (non-hydrogen) atoms. The van der Waals surface area contributed by atoms with E-state index in [-0.39, 0.29) is 12.6 Å². The van der Waals surface area contributed by atoms with Gasteiger partial charge >= 0.3 is 12.4 Å². The summed E-state index contributed by atoms with van der Waals surface area (Å²) >= 11 is 0. The highest BCUT2D eigenvalue weighted by molar-refractivity contribution is 5.28. The van der Waals surface area contributed by atoms with E-state index in [1.807, 2.05) is 0 Å². The number of hydrogen-bond acceptors (Lipinski definition) is 1. The lowest BCUT2D eigenvalue weighted by molar-refractivity contribution is -0.138. The summed E-state index contributed by atoms with van der Waals surface area (Å²) in [6.07, 6.45) is -8.81. The number of halogens is 6. The van der Waals surface area contributed by atoms with Gasteiger partial charge in [-0.05, 0) is 42.3 Å². The Morgan fingerprint density at radius 3 is 1.96 bits per heavy atom. The first-order valence-corrected chi connectivity index (χ1v) is 7.14. The highest BCUT2D eigenvalue weighted by Crippen LogP contribution is 2.31. The molecular weight excluding hydrogens is 332 g/mol. The predicted molar refractivity (Wildman–Crippen MR) is 78.1 cm³/mol. The first-order chi connectivity index (χ1) is 11.1. The average molecular weight is 347 g/mol. The van der Waals surface area contributed by atoms with E-state index in [0.29, 0.717) is 11.1 Å². The highest BCUT2D eigenvalue weighted by Gasteiger charge is 2.31. The Morgan fingerprint density at radius 1 is 0.833 bits per heavy atom. The maximum absolute atomic E-state index is 12.7. The van der Waals surface area contributed by atoms with Gasteiger partial charge in [-0.15, -0.1) is 0 Å². The molecule has 0 aliphatic rings. The lowest BCUT2D eigenvalue weighted by atomic mass is 10.0. The fourth-order valence-electron chi connectivity index (χ4n) is 2.18. The molecule has 0 radical (unpaired) electrons. The number of alkyl halides is 6. The van der Waals surface area contributed by atoms with Crippen molar-refractivity contribution in [3.05, 3.63) is 70.8 Å². The molecule has 0 fully saturated rings. The van der Waals surface area contributed by atoms with Crippen LogP contribution >= 0.6 is 0 Å². The van der Waals surface area contributed by atoms with Gasteiger partial charge in [-0.1, -0.05) is 24.3 Å². The number of hydrogen-bond donors (Lipinski definition) is 1. The molecule has 0 aliphatic heterocycles. The number of benzene rings is 2. The average Bonchev–Trinajstić information content (AvgIpc) is 2.51. The van der Waals surface area contributed by atoms with Gasteiger partial charge in [0, 0.05) is 12.6 Å². The van der Waals surface area contributed by atoms with Crippen molar-refractivity contribution >= 4 is 0 Å². The Morgan fingerprint density at radius 2 is 1.42 bits per heavy atom. The minimum atomic E-state index is -4.41. The van der Waals surface area contributed by atoms with Crippen molar-refractivity contribution in [1.82, 2.24) is 5.32 Å². The third kappa shape index (κ3) is 4.74. The van der Waals surface area contributed by atoms with Gasteiger partial charge in [0.15, 0.2) is 0 Å². The van der Waals surface area contributed by atoms with Crippen LogP contribution in [-0.4, -0.2) is 0 Å². The van der Waals surface area contributed by atoms with Crippen molar-refractivity contribution in [3.8, 4) is 0 Å². The molecule has 2 aromatic carbocycles. The second kappa shape index (κ2) is 6.84. The molecule has 0 saturated heterocycles. The van der Waals surface area contributed by atoms with Crippen LogP contribution in [-0.2, 0) is 18.9 Å². The maximum atomic E-state index is 12.7. The van der Waals surface area contributed by atoms with Gasteiger partial charge in [-0.3, -0.25) is 0 Å². The smallest absolute Gasteiger partial charge is 0.306 e. The molecule has 0 heterocycles. The molecule has 2 rings (SSSR count). The van der Waals surface area contributed by atoms with Crippen LogP contribution in [0.3, 0.4) is 0 Å². The zero-order valence-electron chi connectivity index (χ0n) is 12.7. The molecule has 1 atom stereocenters. The second-order valence-electron chi connectivity index (χ2n) is 5.42. The van der Waals surface area contributed by atoms with Crippen molar-refractivity contribution in [2.75, 3.05) is 0 Å². The molecule has 0 saturated carbocycles. The van der Waals surface area contributed by atoms with Crippen LogP contribution in [0.5, 0.6) is 0 Å². The number of rotatable bonds is 4. The van der Waals surface area contributed by atoms with E-state index in [9.17, 15) is 26.3 Å². The van der Waals surface area contributed by atoms with E-state index < -0.39 is 23.5 Å². The Labute approximate surface area is 135 Å². The van der Waals surface area contributed by atoms with E-state index in [2.05, 4.69) is 5.32 Å². The first kappa shape index (κ1) is 18.3. The lowest BCUT2D eigenvalue weighted by Crippen LogP contribution is -2.19. The van der Waals surface area contributed by atoms with E-state index in [0.717, 1.165) is 24.3 Å². The van der Waals surface area contributed by atoms with E-state index in [1.54, 1.807) is 13.0 Å². The predicted octanol–water partition coefficient (Wildman–Crippen LogP) is 5.58. The Kier molecular flexibility index (Phi) is 5.22. The summed E-state index contributed by atoms with van der Waals surface area (Å²) in [6, 6.07) is 9.21. The van der Waals surface area contributed by atoms with Crippen LogP contribution in [0.4, 0.5) is 26.3 Å². The van der Waals surface area contributed by atoms with Crippen molar-refractivity contribution in [2.45, 2.75) is 31.9 Å². The summed E-state index contributed by atoms with van der Waals surface area (Å²) in [6.45, 7) is 1.94. The van der Waals surface area contributed by atoms with Crippen LogP contribution in [0.15, 0.2) is 48.5 Å². The van der Waals surface area contributed by atoms with Gasteiger partial charge < -0.3 is 5.32 Å². The molecule has 0 spiro atoms. The maximum Gasteiger partial charge on any atom is 0.416 e. The van der Waals surface area contributed by atoms with Crippen LogP contribution in [0.25, 0.3) is 0 Å². The first-order valence-electron chi connectivity index (χ1n) is 7.14. The molecule has 0 aromatic heterocycles. The van der Waals surface area contributed by atoms with Gasteiger partial charge in [0.1, 0.15) is 0 Å². The van der Waals surface area contributed by atoms with Crippen molar-refractivity contribution in [2.24, 2.45) is 0 Å². The summed E-state index contributed by atoms with van der Waals surface area (Å²) in [5.41, 5.74) is -0.404. The minimum absolute atomic E-state index is 0.246. The molecule has 0 bridgehead atoms. The fourth-order valence-corrected chi connectivity index (χ4v) is 2.18. The summed E-state index contributed by atoms with van der Waals surface area (Å²) in [4.78, 5) is 0. The molecule has 130 valence electrons. The summed E-state index contributed by atoms with van der Waals surface area (Å²) in [7, 11) is 0. The van der Waals surface area contributed by atoms with Gasteiger partial charge in [0.05, 0.1) is 11.1 Å². The Hall–Kier alpha value is -2.02. The Bertz CT molecular complexity index is 673.